The minimum absolute atomic E-state index is 0.0132. The molecular weight excluding hydrogens is 341 g/mol. The molecule has 3 nitrogen and oxygen atoms in total. The number of rotatable bonds is 8. The van der Waals surface area contributed by atoms with Gasteiger partial charge in [0.15, 0.2) is 6.79 Å². The minimum atomic E-state index is -0.0132. The van der Waals surface area contributed by atoms with Crippen LogP contribution in [0.3, 0.4) is 0 Å². The molecule has 2 unspecified atom stereocenters. The van der Waals surface area contributed by atoms with Crippen molar-refractivity contribution in [3.63, 3.8) is 0 Å². The molecule has 0 aliphatic heterocycles. The molecule has 4 heteroatoms. The molecule has 0 spiro atoms. The number of nitrogens with zero attached hydrogens (tertiary/aromatic N) is 1. The number of aryl methyl sites for hydroxylation is 2. The van der Waals surface area contributed by atoms with Crippen LogP contribution >= 0.6 is 8.58 Å². The van der Waals surface area contributed by atoms with Crippen LogP contribution in [0.2, 0.25) is 0 Å². The van der Waals surface area contributed by atoms with Crippen LogP contribution in [0, 0.1) is 13.8 Å². The van der Waals surface area contributed by atoms with Crippen LogP contribution in [-0.4, -0.2) is 27.2 Å². The van der Waals surface area contributed by atoms with Crippen LogP contribution in [0.1, 0.15) is 42.5 Å². The molecule has 0 aromatic heterocycles. The molecule has 0 saturated heterocycles. The molecule has 0 amide bonds. The summed E-state index contributed by atoms with van der Waals surface area (Å²) in [6.07, 6.45) is 2.98. The molecule has 0 fully saturated rings. The maximum Gasteiger partial charge on any atom is 0.188 e. The Morgan fingerprint density at radius 1 is 1.19 bits per heavy atom. The van der Waals surface area contributed by atoms with Crippen LogP contribution in [0.4, 0.5) is 0 Å². The van der Waals surface area contributed by atoms with Gasteiger partial charge in [0.2, 0.25) is 0 Å². The maximum absolute atomic E-state index is 5.96. The zero-order valence-electron chi connectivity index (χ0n) is 16.7. The number of benzene rings is 2. The lowest BCUT2D eigenvalue weighted by atomic mass is 9.94. The molecule has 2 atom stereocenters. The first-order chi connectivity index (χ1) is 12.4. The van der Waals surface area contributed by atoms with Crippen LogP contribution in [0.5, 0.6) is 5.75 Å². The smallest absolute Gasteiger partial charge is 0.188 e. The zero-order valence-corrected chi connectivity index (χ0v) is 17.7. The highest BCUT2D eigenvalue weighted by Gasteiger charge is 2.30. The van der Waals surface area contributed by atoms with Gasteiger partial charge in [-0.15, -0.1) is 0 Å². The van der Waals surface area contributed by atoms with E-state index in [1.165, 1.54) is 22.0 Å². The fourth-order valence-corrected chi connectivity index (χ4v) is 4.63. The molecule has 0 aliphatic carbocycles. The highest BCUT2D eigenvalue weighted by atomic mass is 31.1. The second-order valence-electron chi connectivity index (χ2n) is 6.79. The maximum atomic E-state index is 5.96. The van der Waals surface area contributed by atoms with Gasteiger partial charge in [0, 0.05) is 31.1 Å². The summed E-state index contributed by atoms with van der Waals surface area (Å²) in [4.78, 5) is 4.25. The van der Waals surface area contributed by atoms with Gasteiger partial charge in [-0.2, -0.15) is 0 Å². The van der Waals surface area contributed by atoms with Gasteiger partial charge < -0.3 is 9.47 Å². The topological polar surface area (TPSA) is 30.8 Å². The van der Waals surface area contributed by atoms with Crippen molar-refractivity contribution in [1.29, 1.82) is 0 Å². The van der Waals surface area contributed by atoms with Gasteiger partial charge in [0.1, 0.15) is 5.75 Å². The lowest BCUT2D eigenvalue weighted by Crippen LogP contribution is -2.22. The van der Waals surface area contributed by atoms with E-state index >= 15 is 0 Å². The third kappa shape index (κ3) is 4.72. The largest absolute Gasteiger partial charge is 0.467 e. The molecule has 0 bridgehead atoms. The SMILES string of the molecule is CCC(C)(Pc1ccc(C)cc1C=NC)c1cccc(C)c1OCOC. The first kappa shape index (κ1) is 20.6. The molecule has 0 radical (unpaired) electrons. The van der Waals surface area contributed by atoms with Gasteiger partial charge in [-0.05, 0) is 42.8 Å². The highest BCUT2D eigenvalue weighted by Crippen LogP contribution is 2.48. The number of aliphatic imine (C=N–C) groups is 1. The van der Waals surface area contributed by atoms with E-state index in [2.05, 4.69) is 69.1 Å². The number of hydrogen-bond donors (Lipinski definition) is 0. The molecule has 2 rings (SSSR count). The monoisotopic (exact) mass is 371 g/mol. The molecule has 0 aliphatic rings. The summed E-state index contributed by atoms with van der Waals surface area (Å²) >= 11 is 0. The molecule has 2 aromatic carbocycles. The normalized spacial score (nSPS) is 14.2. The van der Waals surface area contributed by atoms with Crippen LogP contribution in [-0.2, 0) is 9.89 Å². The van der Waals surface area contributed by atoms with Gasteiger partial charge in [0.25, 0.3) is 0 Å². The summed E-state index contributed by atoms with van der Waals surface area (Å²) in [6.45, 7) is 9.05. The summed E-state index contributed by atoms with van der Waals surface area (Å²) in [6, 6.07) is 13.0. The molecular formula is C22H30NO2P. The van der Waals surface area contributed by atoms with E-state index in [1.807, 2.05) is 13.3 Å². The van der Waals surface area contributed by atoms with Crippen molar-refractivity contribution >= 4 is 20.1 Å². The Bertz CT molecular complexity index is 773. The second-order valence-corrected chi connectivity index (χ2v) is 8.68. The van der Waals surface area contributed by atoms with Crippen molar-refractivity contribution < 1.29 is 9.47 Å². The quantitative estimate of drug-likeness (QED) is 0.373. The number of methoxy groups -OCH3 is 1. The van der Waals surface area contributed by atoms with Crippen molar-refractivity contribution in [3.8, 4) is 5.75 Å². The van der Waals surface area contributed by atoms with Crippen molar-refractivity contribution in [3.05, 3.63) is 58.7 Å². The number of para-hydroxylation sites is 1. The summed E-state index contributed by atoms with van der Waals surface area (Å²) in [7, 11) is 4.10. The van der Waals surface area contributed by atoms with E-state index in [9.17, 15) is 0 Å². The summed E-state index contributed by atoms with van der Waals surface area (Å²) in [5.74, 6) is 0.948. The summed E-state index contributed by atoms with van der Waals surface area (Å²) < 4.78 is 11.1. The zero-order chi connectivity index (χ0) is 19.2. The minimum Gasteiger partial charge on any atom is -0.467 e. The first-order valence-corrected chi connectivity index (χ1v) is 9.98. The van der Waals surface area contributed by atoms with E-state index in [-0.39, 0.29) is 11.9 Å². The summed E-state index contributed by atoms with van der Waals surface area (Å²) in [5.41, 5.74) is 4.85. The Kier molecular flexibility index (Phi) is 7.37. The second kappa shape index (κ2) is 9.30. The third-order valence-corrected chi connectivity index (χ3v) is 6.62. The third-order valence-electron chi connectivity index (χ3n) is 4.72. The average Bonchev–Trinajstić information content (AvgIpc) is 2.63. The Balaban J connectivity index is 2.49. The highest BCUT2D eigenvalue weighted by molar-refractivity contribution is 7.48. The number of hydrogen-bond acceptors (Lipinski definition) is 3. The van der Waals surface area contributed by atoms with Crippen LogP contribution in [0.25, 0.3) is 0 Å². The lowest BCUT2D eigenvalue weighted by molar-refractivity contribution is 0.0495. The van der Waals surface area contributed by atoms with Crippen molar-refractivity contribution in [1.82, 2.24) is 0 Å². The van der Waals surface area contributed by atoms with E-state index in [1.54, 1.807) is 7.11 Å². The first-order valence-electron chi connectivity index (χ1n) is 8.98. The van der Waals surface area contributed by atoms with E-state index in [0.29, 0.717) is 8.58 Å². The fraction of sp³-hybridized carbons (Fsp3) is 0.409. The lowest BCUT2D eigenvalue weighted by Gasteiger charge is -2.32. The molecule has 0 saturated carbocycles. The molecule has 0 N–H and O–H groups in total. The Labute approximate surface area is 159 Å². The van der Waals surface area contributed by atoms with E-state index < -0.39 is 0 Å². The van der Waals surface area contributed by atoms with Crippen LogP contribution in [0.15, 0.2) is 41.4 Å². The van der Waals surface area contributed by atoms with Gasteiger partial charge in [-0.3, -0.25) is 4.99 Å². The van der Waals surface area contributed by atoms with Gasteiger partial charge in [-0.25, -0.2) is 0 Å². The Hall–Kier alpha value is -1.70. The molecule has 0 heterocycles. The van der Waals surface area contributed by atoms with Gasteiger partial charge in [0.05, 0.1) is 0 Å². The molecule has 26 heavy (non-hydrogen) atoms. The Morgan fingerprint density at radius 2 is 1.96 bits per heavy atom. The molecule has 140 valence electrons. The fourth-order valence-electron chi connectivity index (χ4n) is 3.08. The van der Waals surface area contributed by atoms with Crippen molar-refractivity contribution in [2.75, 3.05) is 21.0 Å². The van der Waals surface area contributed by atoms with Crippen molar-refractivity contribution in [2.45, 2.75) is 39.3 Å². The van der Waals surface area contributed by atoms with Gasteiger partial charge >= 0.3 is 0 Å². The van der Waals surface area contributed by atoms with Crippen LogP contribution < -0.4 is 10.0 Å². The average molecular weight is 371 g/mol. The predicted molar refractivity (Wildman–Crippen MR) is 114 cm³/mol. The van der Waals surface area contributed by atoms with E-state index in [0.717, 1.165) is 17.7 Å². The standard InChI is InChI=1S/C22H30NO2P/c1-7-22(4,19-10-8-9-17(3)21(19)25-15-24-6)26-20-12-11-16(2)13-18(20)14-23-5/h8-14,26H,7,15H2,1-6H3. The summed E-state index contributed by atoms with van der Waals surface area (Å²) in [5, 5.41) is 1.32. The van der Waals surface area contributed by atoms with Crippen molar-refractivity contribution in [2.24, 2.45) is 4.99 Å². The van der Waals surface area contributed by atoms with Gasteiger partial charge in [-0.1, -0.05) is 58.3 Å². The van der Waals surface area contributed by atoms with E-state index in [4.69, 9.17) is 9.47 Å². The molecule has 2 aromatic rings. The predicted octanol–water partition coefficient (Wildman–Crippen LogP) is 4.96. The number of ether oxygens (including phenoxy) is 2. The Morgan fingerprint density at radius 3 is 2.62 bits per heavy atom.